The zero-order valence-electron chi connectivity index (χ0n) is 4.20. The molecular formula is C4H7NO3. The molecule has 1 unspecified atom stereocenters. The lowest BCUT2D eigenvalue weighted by Crippen LogP contribution is -2.28. The van der Waals surface area contributed by atoms with Gasteiger partial charge < -0.3 is 15.6 Å². The third-order valence-corrected chi connectivity index (χ3v) is 0.648. The summed E-state index contributed by atoms with van der Waals surface area (Å²) >= 11 is 0. The van der Waals surface area contributed by atoms with Gasteiger partial charge in [0.15, 0.2) is 0 Å². The number of rotatable bonds is 3. The summed E-state index contributed by atoms with van der Waals surface area (Å²) in [6, 6.07) is 0. The molecule has 0 heterocycles. The largest absolute Gasteiger partial charge is 0.383 e. The fraction of sp³-hybridized carbons (Fsp3) is 0.500. The molecule has 0 aromatic carbocycles. The van der Waals surface area contributed by atoms with Crippen LogP contribution in [0.1, 0.15) is 6.42 Å². The maximum atomic E-state index is 9.90. The van der Waals surface area contributed by atoms with Crippen LogP contribution in [0.25, 0.3) is 0 Å². The molecule has 1 amide bonds. The van der Waals surface area contributed by atoms with Crippen molar-refractivity contribution in [2.75, 3.05) is 0 Å². The fourth-order valence-electron chi connectivity index (χ4n) is 0.207. The monoisotopic (exact) mass is 117 g/mol. The van der Waals surface area contributed by atoms with Crippen LogP contribution < -0.4 is 5.73 Å². The highest BCUT2D eigenvalue weighted by Crippen LogP contribution is 1.82. The van der Waals surface area contributed by atoms with Crippen molar-refractivity contribution in [2.45, 2.75) is 12.5 Å². The van der Waals surface area contributed by atoms with Gasteiger partial charge >= 0.3 is 0 Å². The van der Waals surface area contributed by atoms with Crippen LogP contribution in [-0.2, 0) is 9.59 Å². The Labute approximate surface area is 46.3 Å². The molecule has 0 aliphatic heterocycles. The number of aliphatic hydroxyl groups is 1. The van der Waals surface area contributed by atoms with E-state index in [0.29, 0.717) is 6.29 Å². The maximum absolute atomic E-state index is 9.90. The van der Waals surface area contributed by atoms with E-state index in [2.05, 4.69) is 5.73 Å². The Morgan fingerprint density at radius 2 is 2.38 bits per heavy atom. The van der Waals surface area contributed by atoms with Gasteiger partial charge in [-0.25, -0.2) is 0 Å². The molecule has 4 heteroatoms. The van der Waals surface area contributed by atoms with Crippen molar-refractivity contribution in [3.05, 3.63) is 0 Å². The lowest BCUT2D eigenvalue weighted by atomic mass is 10.3. The van der Waals surface area contributed by atoms with Crippen LogP contribution in [0.15, 0.2) is 0 Å². The minimum Gasteiger partial charge on any atom is -0.383 e. The normalized spacial score (nSPS) is 12.6. The molecule has 46 valence electrons. The van der Waals surface area contributed by atoms with Gasteiger partial charge in [0.05, 0.1) is 0 Å². The fourth-order valence-corrected chi connectivity index (χ4v) is 0.207. The highest BCUT2D eigenvalue weighted by Gasteiger charge is 2.07. The van der Waals surface area contributed by atoms with Crippen LogP contribution in [-0.4, -0.2) is 23.4 Å². The SMILES string of the molecule is NC(=O)C(O)CC=O. The van der Waals surface area contributed by atoms with Gasteiger partial charge in [-0.1, -0.05) is 0 Å². The Hall–Kier alpha value is -0.900. The maximum Gasteiger partial charge on any atom is 0.246 e. The summed E-state index contributed by atoms with van der Waals surface area (Å²) in [4.78, 5) is 19.5. The second-order valence-corrected chi connectivity index (χ2v) is 1.32. The summed E-state index contributed by atoms with van der Waals surface area (Å²) in [7, 11) is 0. The molecule has 0 aliphatic rings. The van der Waals surface area contributed by atoms with Crippen LogP contribution in [0.2, 0.25) is 0 Å². The Kier molecular flexibility index (Phi) is 2.79. The van der Waals surface area contributed by atoms with Crippen LogP contribution in [0, 0.1) is 0 Å². The lowest BCUT2D eigenvalue weighted by molar-refractivity contribution is -0.128. The Balaban J connectivity index is 3.46. The zero-order chi connectivity index (χ0) is 6.57. The van der Waals surface area contributed by atoms with Crippen molar-refractivity contribution in [2.24, 2.45) is 5.73 Å². The molecule has 0 saturated carbocycles. The number of hydrogen-bond acceptors (Lipinski definition) is 3. The van der Waals surface area contributed by atoms with Gasteiger partial charge in [-0.2, -0.15) is 0 Å². The second-order valence-electron chi connectivity index (χ2n) is 1.32. The van der Waals surface area contributed by atoms with Crippen molar-refractivity contribution in [3.8, 4) is 0 Å². The van der Waals surface area contributed by atoms with Gasteiger partial charge in [-0.15, -0.1) is 0 Å². The van der Waals surface area contributed by atoms with E-state index in [9.17, 15) is 9.59 Å². The van der Waals surface area contributed by atoms with Crippen LogP contribution in [0.3, 0.4) is 0 Å². The number of hydrogen-bond donors (Lipinski definition) is 2. The highest BCUT2D eigenvalue weighted by atomic mass is 16.3. The average molecular weight is 117 g/mol. The number of aliphatic hydroxyl groups excluding tert-OH is 1. The summed E-state index contributed by atoms with van der Waals surface area (Å²) in [5.41, 5.74) is 4.57. The van der Waals surface area contributed by atoms with E-state index in [-0.39, 0.29) is 6.42 Å². The number of amides is 1. The van der Waals surface area contributed by atoms with E-state index in [4.69, 9.17) is 5.11 Å². The van der Waals surface area contributed by atoms with Crippen LogP contribution >= 0.6 is 0 Å². The Morgan fingerprint density at radius 3 is 2.50 bits per heavy atom. The third-order valence-electron chi connectivity index (χ3n) is 0.648. The molecule has 0 aromatic rings. The molecule has 4 nitrogen and oxygen atoms in total. The smallest absolute Gasteiger partial charge is 0.246 e. The summed E-state index contributed by atoms with van der Waals surface area (Å²) in [5.74, 6) is -0.864. The first-order chi connectivity index (χ1) is 3.68. The first-order valence-corrected chi connectivity index (χ1v) is 2.09. The molecule has 8 heavy (non-hydrogen) atoms. The highest BCUT2D eigenvalue weighted by molar-refractivity contribution is 5.80. The molecule has 0 spiro atoms. The predicted molar refractivity (Wildman–Crippen MR) is 25.9 cm³/mol. The molecular weight excluding hydrogens is 110 g/mol. The number of carbonyl (C=O) groups is 2. The zero-order valence-corrected chi connectivity index (χ0v) is 4.20. The van der Waals surface area contributed by atoms with Gasteiger partial charge in [-0.05, 0) is 0 Å². The van der Waals surface area contributed by atoms with Crippen molar-refractivity contribution in [1.82, 2.24) is 0 Å². The third kappa shape index (κ3) is 2.30. The lowest BCUT2D eigenvalue weighted by Gasteiger charge is -1.96. The first kappa shape index (κ1) is 7.10. The molecule has 0 bridgehead atoms. The van der Waals surface area contributed by atoms with E-state index < -0.39 is 12.0 Å². The Bertz CT molecular complexity index is 101. The number of carbonyl (C=O) groups excluding carboxylic acids is 2. The molecule has 0 aromatic heterocycles. The summed E-state index contributed by atoms with van der Waals surface area (Å²) in [5, 5.41) is 8.42. The van der Waals surface area contributed by atoms with Gasteiger partial charge in [-0.3, -0.25) is 4.79 Å². The number of nitrogens with two attached hydrogens (primary N) is 1. The predicted octanol–water partition coefficient (Wildman–Crippen LogP) is -1.58. The van der Waals surface area contributed by atoms with Gasteiger partial charge in [0, 0.05) is 6.42 Å². The quantitative estimate of drug-likeness (QED) is 0.438. The molecule has 0 radical (unpaired) electrons. The topological polar surface area (TPSA) is 80.4 Å². The molecule has 0 aliphatic carbocycles. The van der Waals surface area contributed by atoms with Crippen molar-refractivity contribution in [1.29, 1.82) is 0 Å². The number of primary amides is 1. The van der Waals surface area contributed by atoms with E-state index >= 15 is 0 Å². The second kappa shape index (κ2) is 3.15. The standard InChI is InChI=1S/C4H7NO3/c5-4(8)3(7)1-2-6/h2-3,7H,1H2,(H2,5,8). The summed E-state index contributed by atoms with van der Waals surface area (Å²) < 4.78 is 0. The van der Waals surface area contributed by atoms with Crippen LogP contribution in [0.5, 0.6) is 0 Å². The van der Waals surface area contributed by atoms with Crippen LogP contribution in [0.4, 0.5) is 0 Å². The van der Waals surface area contributed by atoms with Crippen molar-refractivity contribution >= 4 is 12.2 Å². The summed E-state index contributed by atoms with van der Waals surface area (Å²) in [6.45, 7) is 0. The van der Waals surface area contributed by atoms with Gasteiger partial charge in [0.25, 0.3) is 0 Å². The molecule has 1 atom stereocenters. The first-order valence-electron chi connectivity index (χ1n) is 2.09. The average Bonchev–Trinajstić information content (AvgIpc) is 1.67. The van der Waals surface area contributed by atoms with E-state index in [1.807, 2.05) is 0 Å². The van der Waals surface area contributed by atoms with Gasteiger partial charge in [0.1, 0.15) is 12.4 Å². The van der Waals surface area contributed by atoms with E-state index in [1.165, 1.54) is 0 Å². The van der Waals surface area contributed by atoms with Crippen molar-refractivity contribution < 1.29 is 14.7 Å². The van der Waals surface area contributed by atoms with E-state index in [1.54, 1.807) is 0 Å². The minimum atomic E-state index is -1.31. The Morgan fingerprint density at radius 1 is 1.88 bits per heavy atom. The summed E-state index contributed by atoms with van der Waals surface area (Å²) in [6.07, 6.45) is -1.09. The van der Waals surface area contributed by atoms with Crippen molar-refractivity contribution in [3.63, 3.8) is 0 Å². The minimum absolute atomic E-state index is 0.213. The molecule has 0 saturated heterocycles. The molecule has 3 N–H and O–H groups in total. The molecule has 0 fully saturated rings. The number of aldehydes is 1. The van der Waals surface area contributed by atoms with E-state index in [0.717, 1.165) is 0 Å². The van der Waals surface area contributed by atoms with Gasteiger partial charge in [0.2, 0.25) is 5.91 Å². The molecule has 0 rings (SSSR count).